The molecule has 0 aliphatic heterocycles. The van der Waals surface area contributed by atoms with Crippen LogP contribution in [0.1, 0.15) is 35.6 Å². The summed E-state index contributed by atoms with van der Waals surface area (Å²) in [6.07, 6.45) is 1.38. The van der Waals surface area contributed by atoms with Crippen LogP contribution < -0.4 is 15.7 Å². The van der Waals surface area contributed by atoms with Crippen LogP contribution in [0, 0.1) is 13.8 Å². The van der Waals surface area contributed by atoms with E-state index in [4.69, 9.17) is 9.15 Å². The lowest BCUT2D eigenvalue weighted by atomic mass is 10.0. The lowest BCUT2D eigenvalue weighted by Crippen LogP contribution is -2.17. The topological polar surface area (TPSA) is 68.5 Å². The second-order valence-electron chi connectivity index (χ2n) is 6.87. The Morgan fingerprint density at radius 1 is 1.18 bits per heavy atom. The average molecular weight is 379 g/mol. The molecule has 5 heteroatoms. The van der Waals surface area contributed by atoms with Crippen molar-refractivity contribution in [3.63, 3.8) is 0 Å². The number of ether oxygens (including phenoxy) is 1. The van der Waals surface area contributed by atoms with Crippen molar-refractivity contribution in [3.8, 4) is 5.75 Å². The molecule has 0 unspecified atom stereocenters. The fourth-order valence-electron chi connectivity index (χ4n) is 3.43. The van der Waals surface area contributed by atoms with Crippen LogP contribution in [0.3, 0.4) is 0 Å². The van der Waals surface area contributed by atoms with Crippen LogP contribution in [-0.2, 0) is 17.6 Å². The third kappa shape index (κ3) is 3.93. The molecule has 0 saturated carbocycles. The first-order valence-electron chi connectivity index (χ1n) is 9.43. The molecule has 0 aliphatic carbocycles. The van der Waals surface area contributed by atoms with Crippen molar-refractivity contribution in [2.75, 3.05) is 12.4 Å². The Bertz CT molecular complexity index is 1080. The zero-order chi connectivity index (χ0) is 20.3. The Morgan fingerprint density at radius 3 is 2.68 bits per heavy atom. The van der Waals surface area contributed by atoms with Gasteiger partial charge in [0.2, 0.25) is 5.91 Å². The molecule has 3 rings (SSSR count). The van der Waals surface area contributed by atoms with E-state index in [9.17, 15) is 9.59 Å². The van der Waals surface area contributed by atoms with Gasteiger partial charge in [0.05, 0.1) is 7.11 Å². The number of carbonyl (C=O) groups is 1. The minimum atomic E-state index is -0.406. The number of anilines is 1. The molecule has 0 fully saturated rings. The van der Waals surface area contributed by atoms with Crippen LogP contribution in [0.15, 0.2) is 45.6 Å². The summed E-state index contributed by atoms with van der Waals surface area (Å²) in [6, 6.07) is 11.4. The Kier molecular flexibility index (Phi) is 5.83. The number of aryl methyl sites for hydroxylation is 3. The molecule has 0 saturated heterocycles. The summed E-state index contributed by atoms with van der Waals surface area (Å²) >= 11 is 0. The van der Waals surface area contributed by atoms with Crippen LogP contribution in [0.2, 0.25) is 0 Å². The third-order valence-corrected chi connectivity index (χ3v) is 5.10. The maximum Gasteiger partial charge on any atom is 0.339 e. The van der Waals surface area contributed by atoms with Gasteiger partial charge in [0.25, 0.3) is 0 Å². The maximum atomic E-state index is 12.5. The smallest absolute Gasteiger partial charge is 0.339 e. The molecule has 28 heavy (non-hydrogen) atoms. The van der Waals surface area contributed by atoms with Crippen molar-refractivity contribution in [2.24, 2.45) is 0 Å². The molecule has 3 aromatic rings. The molecular formula is C23H25NO4. The minimum Gasteiger partial charge on any atom is -0.497 e. The van der Waals surface area contributed by atoms with E-state index < -0.39 is 5.63 Å². The second kappa shape index (κ2) is 8.30. The molecule has 0 aliphatic rings. The standard InChI is InChI=1S/C23H25NO4/c1-5-16-8-6-7-14(2)22(16)24-21(25)12-11-19-15(3)18-10-9-17(27-4)13-20(18)28-23(19)26/h6-10,13H,5,11-12H2,1-4H3,(H,24,25). The molecule has 1 N–H and O–H groups in total. The van der Waals surface area contributed by atoms with E-state index in [2.05, 4.69) is 12.2 Å². The van der Waals surface area contributed by atoms with Crippen molar-refractivity contribution in [2.45, 2.75) is 40.0 Å². The lowest BCUT2D eigenvalue weighted by Gasteiger charge is -2.13. The van der Waals surface area contributed by atoms with Crippen LogP contribution in [0.5, 0.6) is 5.75 Å². The van der Waals surface area contributed by atoms with Gasteiger partial charge in [-0.05, 0) is 55.5 Å². The average Bonchev–Trinajstić information content (AvgIpc) is 2.68. The van der Waals surface area contributed by atoms with E-state index in [1.807, 2.05) is 44.2 Å². The summed E-state index contributed by atoms with van der Waals surface area (Å²) in [4.78, 5) is 25.0. The normalized spacial score (nSPS) is 10.9. The third-order valence-electron chi connectivity index (χ3n) is 5.10. The Hall–Kier alpha value is -3.08. The van der Waals surface area contributed by atoms with Gasteiger partial charge in [-0.2, -0.15) is 0 Å². The Balaban J connectivity index is 1.80. The number of rotatable bonds is 6. The van der Waals surface area contributed by atoms with Gasteiger partial charge >= 0.3 is 5.63 Å². The zero-order valence-corrected chi connectivity index (χ0v) is 16.7. The summed E-state index contributed by atoms with van der Waals surface area (Å²) in [7, 11) is 1.57. The van der Waals surface area contributed by atoms with Gasteiger partial charge in [0, 0.05) is 29.1 Å². The molecule has 5 nitrogen and oxygen atoms in total. The Morgan fingerprint density at radius 2 is 1.96 bits per heavy atom. The molecule has 0 spiro atoms. The van der Waals surface area contributed by atoms with E-state index in [1.54, 1.807) is 13.2 Å². The maximum absolute atomic E-state index is 12.5. The van der Waals surface area contributed by atoms with Gasteiger partial charge in [-0.15, -0.1) is 0 Å². The molecular weight excluding hydrogens is 354 g/mol. The zero-order valence-electron chi connectivity index (χ0n) is 16.7. The predicted molar refractivity (Wildman–Crippen MR) is 111 cm³/mol. The van der Waals surface area contributed by atoms with Crippen LogP contribution in [-0.4, -0.2) is 13.0 Å². The van der Waals surface area contributed by atoms with E-state index in [0.717, 1.165) is 34.2 Å². The minimum absolute atomic E-state index is 0.113. The first kappa shape index (κ1) is 19.7. The van der Waals surface area contributed by atoms with E-state index in [1.165, 1.54) is 0 Å². The Labute approximate surface area is 164 Å². The number of nitrogens with one attached hydrogen (secondary N) is 1. The highest BCUT2D eigenvalue weighted by atomic mass is 16.5. The number of hydrogen-bond donors (Lipinski definition) is 1. The van der Waals surface area contributed by atoms with E-state index in [0.29, 0.717) is 23.3 Å². The number of amides is 1. The number of benzene rings is 2. The number of hydrogen-bond acceptors (Lipinski definition) is 4. The first-order valence-corrected chi connectivity index (χ1v) is 9.43. The predicted octanol–water partition coefficient (Wildman–Crippen LogP) is 4.55. The molecule has 146 valence electrons. The van der Waals surface area contributed by atoms with Crippen molar-refractivity contribution in [3.05, 3.63) is 69.1 Å². The van der Waals surface area contributed by atoms with Crippen molar-refractivity contribution >= 4 is 22.6 Å². The summed E-state index contributed by atoms with van der Waals surface area (Å²) in [6.45, 7) is 5.92. The van der Waals surface area contributed by atoms with Crippen molar-refractivity contribution < 1.29 is 13.9 Å². The van der Waals surface area contributed by atoms with Crippen LogP contribution in [0.4, 0.5) is 5.69 Å². The molecule has 0 radical (unpaired) electrons. The molecule has 1 heterocycles. The van der Waals surface area contributed by atoms with Gasteiger partial charge < -0.3 is 14.5 Å². The van der Waals surface area contributed by atoms with Crippen LogP contribution in [0.25, 0.3) is 11.0 Å². The molecule has 1 aromatic heterocycles. The molecule has 0 bridgehead atoms. The summed E-state index contributed by atoms with van der Waals surface area (Å²) < 4.78 is 10.6. The molecule has 2 aromatic carbocycles. The van der Waals surface area contributed by atoms with Crippen LogP contribution >= 0.6 is 0 Å². The van der Waals surface area contributed by atoms with E-state index in [-0.39, 0.29) is 12.3 Å². The SMILES string of the molecule is CCc1cccc(C)c1NC(=O)CCc1c(C)c2ccc(OC)cc2oc1=O. The highest BCUT2D eigenvalue weighted by molar-refractivity contribution is 5.92. The largest absolute Gasteiger partial charge is 0.497 e. The summed E-state index contributed by atoms with van der Waals surface area (Å²) in [5, 5.41) is 3.85. The first-order chi connectivity index (χ1) is 13.4. The highest BCUT2D eigenvalue weighted by Gasteiger charge is 2.15. The highest BCUT2D eigenvalue weighted by Crippen LogP contribution is 2.25. The second-order valence-corrected chi connectivity index (χ2v) is 6.87. The fraction of sp³-hybridized carbons (Fsp3) is 0.304. The molecule has 0 atom stereocenters. The lowest BCUT2D eigenvalue weighted by molar-refractivity contribution is -0.116. The number of fused-ring (bicyclic) bond motifs is 1. The van der Waals surface area contributed by atoms with Gasteiger partial charge in [-0.3, -0.25) is 4.79 Å². The van der Waals surface area contributed by atoms with Gasteiger partial charge in [-0.1, -0.05) is 25.1 Å². The number of para-hydroxylation sites is 1. The summed E-state index contributed by atoms with van der Waals surface area (Å²) in [5.41, 5.74) is 4.45. The van der Waals surface area contributed by atoms with Gasteiger partial charge in [0.1, 0.15) is 11.3 Å². The monoisotopic (exact) mass is 379 g/mol. The number of carbonyl (C=O) groups excluding carboxylic acids is 1. The number of methoxy groups -OCH3 is 1. The quantitative estimate of drug-likeness (QED) is 0.638. The van der Waals surface area contributed by atoms with Crippen molar-refractivity contribution in [1.29, 1.82) is 0 Å². The summed E-state index contributed by atoms with van der Waals surface area (Å²) in [5.74, 6) is 0.518. The van der Waals surface area contributed by atoms with Gasteiger partial charge in [-0.25, -0.2) is 4.79 Å². The fourth-order valence-corrected chi connectivity index (χ4v) is 3.43. The van der Waals surface area contributed by atoms with E-state index >= 15 is 0 Å². The van der Waals surface area contributed by atoms with Gasteiger partial charge in [0.15, 0.2) is 0 Å². The van der Waals surface area contributed by atoms with Crippen molar-refractivity contribution in [1.82, 2.24) is 0 Å². The molecule has 1 amide bonds.